The molecule has 1 saturated heterocycles. The van der Waals surface area contributed by atoms with Gasteiger partial charge in [0.2, 0.25) is 0 Å². The summed E-state index contributed by atoms with van der Waals surface area (Å²) in [5, 5.41) is 3.52. The molecule has 1 aliphatic heterocycles. The number of amides is 2. The molecule has 2 fully saturated rings. The Morgan fingerprint density at radius 2 is 1.90 bits per heavy atom. The Bertz CT molecular complexity index is 315. The molecule has 0 bridgehead atoms. The number of urea groups is 1. The Morgan fingerprint density at radius 1 is 1.19 bits per heavy atom. The number of nitrogens with one attached hydrogen (secondary N) is 1. The molecule has 0 aromatic rings. The monoisotopic (exact) mass is 295 g/mol. The lowest BCUT2D eigenvalue weighted by Gasteiger charge is -2.41. The Balaban J connectivity index is 1.99. The second kappa shape index (κ2) is 8.62. The van der Waals surface area contributed by atoms with Gasteiger partial charge < -0.3 is 16.0 Å². The fourth-order valence-electron chi connectivity index (χ4n) is 4.28. The zero-order valence-corrected chi connectivity index (χ0v) is 13.7. The third kappa shape index (κ3) is 4.87. The van der Waals surface area contributed by atoms with Crippen LogP contribution in [-0.2, 0) is 0 Å². The predicted octanol–water partition coefficient (Wildman–Crippen LogP) is 3.12. The van der Waals surface area contributed by atoms with Crippen LogP contribution >= 0.6 is 0 Å². The highest BCUT2D eigenvalue weighted by atomic mass is 16.2. The second-order valence-corrected chi connectivity index (χ2v) is 6.90. The lowest BCUT2D eigenvalue weighted by Crippen LogP contribution is -2.52. The molecular weight excluding hydrogens is 262 g/mol. The van der Waals surface area contributed by atoms with E-state index in [1.54, 1.807) is 0 Å². The van der Waals surface area contributed by atoms with Crippen LogP contribution in [0.25, 0.3) is 0 Å². The van der Waals surface area contributed by atoms with E-state index in [0.717, 1.165) is 38.4 Å². The molecule has 4 nitrogen and oxygen atoms in total. The van der Waals surface area contributed by atoms with Crippen molar-refractivity contribution in [1.82, 2.24) is 10.2 Å². The van der Waals surface area contributed by atoms with Gasteiger partial charge >= 0.3 is 6.03 Å². The Labute approximate surface area is 129 Å². The van der Waals surface area contributed by atoms with Crippen molar-refractivity contribution in [2.24, 2.45) is 17.6 Å². The minimum Gasteiger partial charge on any atom is -0.351 e. The maximum atomic E-state index is 11.8. The molecule has 0 aromatic carbocycles. The molecule has 1 unspecified atom stereocenters. The van der Waals surface area contributed by atoms with Crippen molar-refractivity contribution in [2.45, 2.75) is 70.8 Å². The van der Waals surface area contributed by atoms with Crippen LogP contribution in [0.5, 0.6) is 0 Å². The van der Waals surface area contributed by atoms with E-state index in [4.69, 9.17) is 5.73 Å². The smallest absolute Gasteiger partial charge is 0.315 e. The van der Waals surface area contributed by atoms with Crippen molar-refractivity contribution in [3.05, 3.63) is 0 Å². The Kier molecular flexibility index (Phi) is 6.81. The van der Waals surface area contributed by atoms with Crippen LogP contribution in [-0.4, -0.2) is 36.6 Å². The van der Waals surface area contributed by atoms with Gasteiger partial charge in [-0.3, -0.25) is 0 Å². The van der Waals surface area contributed by atoms with Gasteiger partial charge in [0.25, 0.3) is 0 Å². The Hall–Kier alpha value is -0.770. The first kappa shape index (κ1) is 16.6. The summed E-state index contributed by atoms with van der Waals surface area (Å²) in [5.74, 6) is 1.43. The van der Waals surface area contributed by atoms with Crippen LogP contribution < -0.4 is 11.1 Å². The third-order valence-electron chi connectivity index (χ3n) is 5.39. The molecule has 1 heterocycles. The standard InChI is InChI=1S/C17H33N3O/c1-2-19-13-15(12-14-8-4-3-5-9-14)16-10-6-7-11-20(16)17(18)21/h14-16,19H,2-13H2,1H3,(H2,18,21)/t15-,16?/m0/s1. The molecule has 21 heavy (non-hydrogen) atoms. The normalized spacial score (nSPS) is 25.8. The van der Waals surface area contributed by atoms with Gasteiger partial charge in [-0.2, -0.15) is 0 Å². The molecule has 1 saturated carbocycles. The number of hydrogen-bond acceptors (Lipinski definition) is 2. The first-order valence-electron chi connectivity index (χ1n) is 8.99. The van der Waals surface area contributed by atoms with Crippen LogP contribution in [0.15, 0.2) is 0 Å². The molecule has 1 aliphatic carbocycles. The third-order valence-corrected chi connectivity index (χ3v) is 5.39. The fraction of sp³-hybridized carbons (Fsp3) is 0.941. The maximum absolute atomic E-state index is 11.8. The van der Waals surface area contributed by atoms with Crippen molar-refractivity contribution >= 4 is 6.03 Å². The number of carbonyl (C=O) groups excluding carboxylic acids is 1. The topological polar surface area (TPSA) is 58.4 Å². The molecule has 0 aromatic heterocycles. The van der Waals surface area contributed by atoms with E-state index >= 15 is 0 Å². The molecule has 0 spiro atoms. The van der Waals surface area contributed by atoms with Crippen LogP contribution in [0.4, 0.5) is 4.79 Å². The number of primary amides is 1. The summed E-state index contributed by atoms with van der Waals surface area (Å²) in [4.78, 5) is 13.7. The average Bonchev–Trinajstić information content (AvgIpc) is 2.52. The molecule has 2 atom stereocenters. The fourth-order valence-corrected chi connectivity index (χ4v) is 4.28. The minimum atomic E-state index is -0.218. The molecule has 2 amide bonds. The van der Waals surface area contributed by atoms with Gasteiger partial charge in [0.05, 0.1) is 0 Å². The quantitative estimate of drug-likeness (QED) is 0.791. The van der Waals surface area contributed by atoms with E-state index in [9.17, 15) is 4.79 Å². The maximum Gasteiger partial charge on any atom is 0.315 e. The number of carbonyl (C=O) groups is 1. The highest BCUT2D eigenvalue weighted by molar-refractivity contribution is 5.72. The van der Waals surface area contributed by atoms with Crippen LogP contribution in [0.3, 0.4) is 0 Å². The van der Waals surface area contributed by atoms with E-state index in [-0.39, 0.29) is 6.03 Å². The predicted molar refractivity (Wildman–Crippen MR) is 87.2 cm³/mol. The minimum absolute atomic E-state index is 0.218. The summed E-state index contributed by atoms with van der Waals surface area (Å²) in [6.45, 7) is 5.05. The van der Waals surface area contributed by atoms with Gasteiger partial charge in [-0.05, 0) is 50.6 Å². The summed E-state index contributed by atoms with van der Waals surface area (Å²) >= 11 is 0. The summed E-state index contributed by atoms with van der Waals surface area (Å²) in [5.41, 5.74) is 5.62. The molecule has 3 N–H and O–H groups in total. The van der Waals surface area contributed by atoms with Crippen LogP contribution in [0.1, 0.15) is 64.7 Å². The molecule has 2 aliphatic rings. The van der Waals surface area contributed by atoms with E-state index < -0.39 is 0 Å². The highest BCUT2D eigenvalue weighted by Crippen LogP contribution is 2.33. The lowest BCUT2D eigenvalue weighted by molar-refractivity contribution is 0.107. The van der Waals surface area contributed by atoms with Gasteiger partial charge in [-0.25, -0.2) is 4.79 Å². The molecule has 2 rings (SSSR count). The molecule has 4 heteroatoms. The largest absolute Gasteiger partial charge is 0.351 e. The van der Waals surface area contributed by atoms with Crippen molar-refractivity contribution in [2.75, 3.05) is 19.6 Å². The van der Waals surface area contributed by atoms with Gasteiger partial charge in [-0.1, -0.05) is 39.0 Å². The van der Waals surface area contributed by atoms with Crippen LogP contribution in [0.2, 0.25) is 0 Å². The highest BCUT2D eigenvalue weighted by Gasteiger charge is 2.33. The Morgan fingerprint density at radius 3 is 2.57 bits per heavy atom. The summed E-state index contributed by atoms with van der Waals surface area (Å²) in [6, 6.07) is 0.141. The van der Waals surface area contributed by atoms with Crippen molar-refractivity contribution in [3.8, 4) is 0 Å². The summed E-state index contributed by atoms with van der Waals surface area (Å²) in [6.07, 6.45) is 11.7. The average molecular weight is 295 g/mol. The first-order chi connectivity index (χ1) is 10.2. The van der Waals surface area contributed by atoms with Gasteiger partial charge in [0.1, 0.15) is 0 Å². The first-order valence-corrected chi connectivity index (χ1v) is 8.99. The summed E-state index contributed by atoms with van der Waals surface area (Å²) < 4.78 is 0. The molecule has 122 valence electrons. The molecule has 0 radical (unpaired) electrons. The SMILES string of the molecule is CCNC[C@H](CC1CCCCC1)C1CCCCN1C(N)=O. The number of likely N-dealkylation sites (tertiary alicyclic amines) is 1. The number of rotatable bonds is 6. The van der Waals surface area contributed by atoms with Crippen LogP contribution in [0, 0.1) is 11.8 Å². The van der Waals surface area contributed by atoms with Gasteiger partial charge in [-0.15, -0.1) is 0 Å². The van der Waals surface area contributed by atoms with E-state index in [1.807, 2.05) is 4.90 Å². The summed E-state index contributed by atoms with van der Waals surface area (Å²) in [7, 11) is 0. The second-order valence-electron chi connectivity index (χ2n) is 6.90. The van der Waals surface area contributed by atoms with Crippen molar-refractivity contribution < 1.29 is 4.79 Å². The van der Waals surface area contributed by atoms with E-state index in [1.165, 1.54) is 44.9 Å². The van der Waals surface area contributed by atoms with E-state index in [0.29, 0.717) is 12.0 Å². The lowest BCUT2D eigenvalue weighted by atomic mass is 9.78. The van der Waals surface area contributed by atoms with E-state index in [2.05, 4.69) is 12.2 Å². The number of nitrogens with two attached hydrogens (primary N) is 1. The van der Waals surface area contributed by atoms with Crippen molar-refractivity contribution in [3.63, 3.8) is 0 Å². The van der Waals surface area contributed by atoms with Crippen molar-refractivity contribution in [1.29, 1.82) is 0 Å². The van der Waals surface area contributed by atoms with Gasteiger partial charge in [0.15, 0.2) is 0 Å². The number of piperidine rings is 1. The van der Waals surface area contributed by atoms with Gasteiger partial charge in [0, 0.05) is 12.6 Å². The molecular formula is C17H33N3O. The zero-order valence-electron chi connectivity index (χ0n) is 13.7. The zero-order chi connectivity index (χ0) is 15.1. The number of nitrogens with zero attached hydrogens (tertiary/aromatic N) is 1. The number of hydrogen-bond donors (Lipinski definition) is 2.